The Labute approximate surface area is 87.8 Å². The fraction of sp³-hybridized carbons (Fsp3) is 0.250. The molecule has 0 saturated heterocycles. The second-order valence-corrected chi connectivity index (χ2v) is 3.80. The number of aryl methyl sites for hydroxylation is 1. The van der Waals surface area contributed by atoms with E-state index in [1.807, 2.05) is 6.07 Å². The molecule has 0 fully saturated rings. The van der Waals surface area contributed by atoms with Crippen molar-refractivity contribution in [3.8, 4) is 6.07 Å². The van der Waals surface area contributed by atoms with Crippen LogP contribution in [0.15, 0.2) is 9.59 Å². The molecule has 76 valence electrons. The maximum absolute atomic E-state index is 11.7. The second-order valence-electron chi connectivity index (χ2n) is 3.03. The summed E-state index contributed by atoms with van der Waals surface area (Å²) in [4.78, 5) is 23.5. The van der Waals surface area contributed by atoms with Crippen LogP contribution in [0.3, 0.4) is 0 Å². The van der Waals surface area contributed by atoms with Gasteiger partial charge in [0.1, 0.15) is 16.3 Å². The number of nitriles is 1. The van der Waals surface area contributed by atoms with Crippen molar-refractivity contribution < 1.29 is 0 Å². The Hall–Kier alpha value is -1.94. The lowest BCUT2D eigenvalue weighted by molar-refractivity contribution is 0.710. The monoisotopic (exact) mass is 222 g/mol. The van der Waals surface area contributed by atoms with Crippen LogP contribution in [0.4, 0.5) is 0 Å². The van der Waals surface area contributed by atoms with E-state index >= 15 is 0 Å². The molecule has 2 aromatic rings. The van der Waals surface area contributed by atoms with Gasteiger partial charge in [-0.3, -0.25) is 13.9 Å². The zero-order valence-electron chi connectivity index (χ0n) is 8.01. The summed E-state index contributed by atoms with van der Waals surface area (Å²) in [5.41, 5.74) is -0.648. The Bertz CT molecular complexity index is 700. The first-order valence-electron chi connectivity index (χ1n) is 4.03. The molecule has 0 bridgehead atoms. The van der Waals surface area contributed by atoms with E-state index in [1.165, 1.54) is 18.7 Å². The van der Waals surface area contributed by atoms with E-state index < -0.39 is 11.2 Å². The Morgan fingerprint density at radius 1 is 1.33 bits per heavy atom. The first kappa shape index (κ1) is 9.61. The lowest BCUT2D eigenvalue weighted by Gasteiger charge is -2.01. The van der Waals surface area contributed by atoms with E-state index in [1.54, 1.807) is 0 Å². The lowest BCUT2D eigenvalue weighted by atomic mass is 10.3. The van der Waals surface area contributed by atoms with Crippen LogP contribution in [0, 0.1) is 11.3 Å². The minimum Gasteiger partial charge on any atom is -0.280 e. The molecule has 7 heteroatoms. The molecule has 0 amide bonds. The van der Waals surface area contributed by atoms with Crippen molar-refractivity contribution in [3.63, 3.8) is 0 Å². The van der Waals surface area contributed by atoms with Gasteiger partial charge in [-0.25, -0.2) is 4.79 Å². The number of fused-ring (bicyclic) bond motifs is 1. The Morgan fingerprint density at radius 2 is 2.00 bits per heavy atom. The summed E-state index contributed by atoms with van der Waals surface area (Å²) in [6.45, 7) is 0. The first-order valence-corrected chi connectivity index (χ1v) is 4.80. The molecule has 2 rings (SSSR count). The van der Waals surface area contributed by atoms with Crippen molar-refractivity contribution in [1.29, 1.82) is 5.26 Å². The fourth-order valence-corrected chi connectivity index (χ4v) is 2.05. The third kappa shape index (κ3) is 1.12. The summed E-state index contributed by atoms with van der Waals surface area (Å²) < 4.78 is 6.15. The largest absolute Gasteiger partial charge is 0.332 e. The average Bonchev–Trinajstić information content (AvgIpc) is 2.67. The first-order chi connectivity index (χ1) is 7.07. The summed E-state index contributed by atoms with van der Waals surface area (Å²) in [7, 11) is 2.90. The van der Waals surface area contributed by atoms with Crippen LogP contribution in [0.1, 0.15) is 4.88 Å². The van der Waals surface area contributed by atoms with Gasteiger partial charge in [0.05, 0.1) is 0 Å². The van der Waals surface area contributed by atoms with Gasteiger partial charge in [0, 0.05) is 14.1 Å². The highest BCUT2D eigenvalue weighted by molar-refractivity contribution is 7.07. The van der Waals surface area contributed by atoms with Gasteiger partial charge in [-0.15, -0.1) is 0 Å². The highest BCUT2D eigenvalue weighted by atomic mass is 32.1. The summed E-state index contributed by atoms with van der Waals surface area (Å²) in [6.07, 6.45) is 0. The van der Waals surface area contributed by atoms with Gasteiger partial charge < -0.3 is 0 Å². The Balaban J connectivity index is 3.20. The average molecular weight is 222 g/mol. The number of nitrogens with zero attached hydrogens (tertiary/aromatic N) is 4. The van der Waals surface area contributed by atoms with Gasteiger partial charge >= 0.3 is 5.69 Å². The number of hydrogen-bond acceptors (Lipinski definition) is 5. The minimum absolute atomic E-state index is 0.215. The lowest BCUT2D eigenvalue weighted by Crippen LogP contribution is -2.36. The highest BCUT2D eigenvalue weighted by Gasteiger charge is 2.15. The molecule has 0 aromatic carbocycles. The molecular formula is C8H6N4O2S. The van der Waals surface area contributed by atoms with Crippen molar-refractivity contribution in [2.45, 2.75) is 0 Å². The van der Waals surface area contributed by atoms with Crippen LogP contribution in [-0.4, -0.2) is 13.5 Å². The smallest absolute Gasteiger partial charge is 0.280 e. The molecule has 0 radical (unpaired) electrons. The van der Waals surface area contributed by atoms with Crippen molar-refractivity contribution in [3.05, 3.63) is 25.7 Å². The molecule has 6 nitrogen and oxygen atoms in total. The predicted molar refractivity (Wildman–Crippen MR) is 54.8 cm³/mol. The molecule has 2 aromatic heterocycles. The van der Waals surface area contributed by atoms with E-state index in [0.29, 0.717) is 0 Å². The van der Waals surface area contributed by atoms with Crippen LogP contribution < -0.4 is 11.2 Å². The molecule has 0 aliphatic heterocycles. The van der Waals surface area contributed by atoms with E-state index in [0.717, 1.165) is 16.1 Å². The van der Waals surface area contributed by atoms with E-state index in [9.17, 15) is 9.59 Å². The van der Waals surface area contributed by atoms with Crippen LogP contribution in [-0.2, 0) is 14.1 Å². The van der Waals surface area contributed by atoms with Gasteiger partial charge in [0.2, 0.25) is 0 Å². The second kappa shape index (κ2) is 3.03. The fourth-order valence-electron chi connectivity index (χ4n) is 1.35. The maximum Gasteiger partial charge on any atom is 0.332 e. The van der Waals surface area contributed by atoms with Gasteiger partial charge in [-0.1, -0.05) is 0 Å². The molecule has 0 aliphatic carbocycles. The number of aromatic nitrogens is 3. The molecule has 0 unspecified atom stereocenters. The van der Waals surface area contributed by atoms with Crippen molar-refractivity contribution >= 4 is 22.6 Å². The van der Waals surface area contributed by atoms with Crippen LogP contribution in [0.5, 0.6) is 0 Å². The third-order valence-electron chi connectivity index (χ3n) is 2.19. The molecule has 0 aliphatic rings. The van der Waals surface area contributed by atoms with E-state index in [-0.39, 0.29) is 15.9 Å². The van der Waals surface area contributed by atoms with Crippen LogP contribution in [0.25, 0.3) is 11.0 Å². The standard InChI is InChI=1S/C8H6N4O2S/c1-11-6-5(4(3-9)15-10-6)7(13)12(2)8(11)14/h1-2H3. The highest BCUT2D eigenvalue weighted by Crippen LogP contribution is 2.15. The van der Waals surface area contributed by atoms with Gasteiger partial charge in [0.25, 0.3) is 5.56 Å². The molecule has 0 N–H and O–H groups in total. The topological polar surface area (TPSA) is 80.7 Å². The molecule has 0 spiro atoms. The SMILES string of the molecule is Cn1c(=O)c2c(C#N)snc2n(C)c1=O. The van der Waals surface area contributed by atoms with E-state index in [2.05, 4.69) is 4.37 Å². The molecule has 2 heterocycles. The van der Waals surface area contributed by atoms with Crippen LogP contribution >= 0.6 is 11.5 Å². The summed E-state index contributed by atoms with van der Waals surface area (Å²) in [5, 5.41) is 9.00. The third-order valence-corrected chi connectivity index (χ3v) is 2.93. The molecular weight excluding hydrogens is 216 g/mol. The zero-order chi connectivity index (χ0) is 11.2. The van der Waals surface area contributed by atoms with Gasteiger partial charge in [-0.05, 0) is 11.5 Å². The van der Waals surface area contributed by atoms with Gasteiger partial charge in [-0.2, -0.15) is 9.64 Å². The summed E-state index contributed by atoms with van der Waals surface area (Å²) >= 11 is 0.924. The summed E-state index contributed by atoms with van der Waals surface area (Å²) in [5.74, 6) is 0. The number of hydrogen-bond donors (Lipinski definition) is 0. The molecule has 0 saturated carbocycles. The normalized spacial score (nSPS) is 10.5. The van der Waals surface area contributed by atoms with Gasteiger partial charge in [0.15, 0.2) is 5.65 Å². The van der Waals surface area contributed by atoms with Crippen molar-refractivity contribution in [2.75, 3.05) is 0 Å². The summed E-state index contributed by atoms with van der Waals surface area (Å²) in [6, 6.07) is 1.89. The minimum atomic E-state index is -0.474. The zero-order valence-corrected chi connectivity index (χ0v) is 8.83. The van der Waals surface area contributed by atoms with Crippen molar-refractivity contribution in [2.24, 2.45) is 14.1 Å². The number of rotatable bonds is 0. The maximum atomic E-state index is 11.7. The molecule has 0 atom stereocenters. The Kier molecular flexibility index (Phi) is 1.94. The van der Waals surface area contributed by atoms with Crippen molar-refractivity contribution in [1.82, 2.24) is 13.5 Å². The quantitative estimate of drug-likeness (QED) is 0.605. The predicted octanol–water partition coefficient (Wildman–Crippen LogP) is -0.435. The Morgan fingerprint density at radius 3 is 2.60 bits per heavy atom. The van der Waals surface area contributed by atoms with E-state index in [4.69, 9.17) is 5.26 Å². The molecule has 15 heavy (non-hydrogen) atoms. The van der Waals surface area contributed by atoms with Crippen LogP contribution in [0.2, 0.25) is 0 Å².